The first-order chi connectivity index (χ1) is 9.11. The maximum atomic E-state index is 12.2. The first-order valence-corrected chi connectivity index (χ1v) is 7.51. The van der Waals surface area contributed by atoms with E-state index in [1.807, 2.05) is 24.3 Å². The van der Waals surface area contributed by atoms with E-state index in [4.69, 9.17) is 4.74 Å². The van der Waals surface area contributed by atoms with E-state index in [2.05, 4.69) is 28.2 Å². The summed E-state index contributed by atoms with van der Waals surface area (Å²) in [6, 6.07) is 7.88. The summed E-state index contributed by atoms with van der Waals surface area (Å²) in [4.78, 5) is 12.2. The third-order valence-corrected chi connectivity index (χ3v) is 4.71. The second kappa shape index (κ2) is 5.95. The van der Waals surface area contributed by atoms with Crippen LogP contribution in [0.25, 0.3) is 0 Å². The predicted octanol–water partition coefficient (Wildman–Crippen LogP) is 3.98. The quantitative estimate of drug-likeness (QED) is 0.851. The maximum absolute atomic E-state index is 12.2. The van der Waals surface area contributed by atoms with E-state index < -0.39 is 5.54 Å². The first kappa shape index (κ1) is 14.4. The van der Waals surface area contributed by atoms with Gasteiger partial charge in [0.25, 0.3) is 0 Å². The Kier molecular flexibility index (Phi) is 4.50. The van der Waals surface area contributed by atoms with Crippen LogP contribution in [0.4, 0.5) is 5.69 Å². The van der Waals surface area contributed by atoms with Gasteiger partial charge in [-0.25, -0.2) is 4.79 Å². The number of benzene rings is 1. The molecule has 19 heavy (non-hydrogen) atoms. The van der Waals surface area contributed by atoms with Crippen LogP contribution in [0.2, 0.25) is 0 Å². The lowest BCUT2D eigenvalue weighted by atomic mass is 9.94. The van der Waals surface area contributed by atoms with Crippen molar-refractivity contribution in [2.24, 2.45) is 5.92 Å². The van der Waals surface area contributed by atoms with Crippen molar-refractivity contribution in [2.75, 3.05) is 12.4 Å². The van der Waals surface area contributed by atoms with Crippen LogP contribution in [-0.2, 0) is 9.53 Å². The minimum atomic E-state index is -0.570. The molecule has 2 rings (SSSR count). The fraction of sp³-hybridized carbons (Fsp3) is 0.533. The van der Waals surface area contributed by atoms with E-state index >= 15 is 0 Å². The molecule has 1 aliphatic carbocycles. The van der Waals surface area contributed by atoms with Crippen LogP contribution in [-0.4, -0.2) is 18.6 Å². The number of methoxy groups -OCH3 is 1. The fourth-order valence-corrected chi connectivity index (χ4v) is 3.25. The van der Waals surface area contributed by atoms with E-state index in [1.165, 1.54) is 7.11 Å². The summed E-state index contributed by atoms with van der Waals surface area (Å²) in [5.74, 6) is 0.438. The third-order valence-electron chi connectivity index (χ3n) is 4.02. The van der Waals surface area contributed by atoms with Crippen molar-refractivity contribution in [3.8, 4) is 0 Å². The van der Waals surface area contributed by atoms with Gasteiger partial charge in [-0.2, -0.15) is 0 Å². The van der Waals surface area contributed by atoms with Gasteiger partial charge in [-0.1, -0.05) is 25.5 Å². The Labute approximate surface area is 122 Å². The summed E-state index contributed by atoms with van der Waals surface area (Å²) in [6.07, 6.45) is 3.86. The highest BCUT2D eigenvalue weighted by atomic mass is 79.9. The molecule has 104 valence electrons. The Morgan fingerprint density at radius 3 is 2.84 bits per heavy atom. The summed E-state index contributed by atoms with van der Waals surface area (Å²) in [5.41, 5.74) is 0.379. The average molecular weight is 326 g/mol. The molecule has 0 saturated heterocycles. The molecule has 2 unspecified atom stereocenters. The van der Waals surface area contributed by atoms with Crippen molar-refractivity contribution in [1.29, 1.82) is 0 Å². The second-order valence-corrected chi connectivity index (χ2v) is 6.05. The van der Waals surface area contributed by atoms with Gasteiger partial charge in [0.15, 0.2) is 0 Å². The van der Waals surface area contributed by atoms with Gasteiger partial charge >= 0.3 is 5.97 Å². The van der Waals surface area contributed by atoms with Crippen molar-refractivity contribution in [3.63, 3.8) is 0 Å². The number of esters is 1. The van der Waals surface area contributed by atoms with E-state index in [9.17, 15) is 4.79 Å². The van der Waals surface area contributed by atoms with Crippen LogP contribution in [0.3, 0.4) is 0 Å². The molecule has 0 amide bonds. The number of para-hydroxylation sites is 1. The molecule has 0 radical (unpaired) electrons. The Bertz CT molecular complexity index is 463. The summed E-state index contributed by atoms with van der Waals surface area (Å²) >= 11 is 3.52. The van der Waals surface area contributed by atoms with Gasteiger partial charge < -0.3 is 10.1 Å². The first-order valence-electron chi connectivity index (χ1n) is 6.72. The molecule has 4 heteroatoms. The molecule has 0 aliphatic heterocycles. The van der Waals surface area contributed by atoms with Crippen molar-refractivity contribution in [2.45, 2.75) is 38.1 Å². The largest absolute Gasteiger partial charge is 0.467 e. The van der Waals surface area contributed by atoms with Crippen molar-refractivity contribution in [3.05, 3.63) is 28.7 Å². The van der Waals surface area contributed by atoms with Gasteiger partial charge in [-0.15, -0.1) is 0 Å². The summed E-state index contributed by atoms with van der Waals surface area (Å²) < 4.78 is 6.00. The topological polar surface area (TPSA) is 38.3 Å². The molecule has 3 nitrogen and oxygen atoms in total. The number of hydrogen-bond acceptors (Lipinski definition) is 3. The Balaban J connectivity index is 2.25. The van der Waals surface area contributed by atoms with Gasteiger partial charge in [0.1, 0.15) is 5.54 Å². The number of anilines is 1. The highest BCUT2D eigenvalue weighted by Gasteiger charge is 2.46. The molecule has 1 aliphatic rings. The van der Waals surface area contributed by atoms with Crippen LogP contribution in [0.5, 0.6) is 0 Å². The van der Waals surface area contributed by atoms with E-state index in [-0.39, 0.29) is 5.97 Å². The summed E-state index contributed by atoms with van der Waals surface area (Å²) in [6.45, 7) is 2.18. The molecule has 2 atom stereocenters. The zero-order valence-electron chi connectivity index (χ0n) is 11.4. The maximum Gasteiger partial charge on any atom is 0.331 e. The van der Waals surface area contributed by atoms with Crippen molar-refractivity contribution >= 4 is 27.6 Å². The van der Waals surface area contributed by atoms with Gasteiger partial charge in [0.05, 0.1) is 7.11 Å². The monoisotopic (exact) mass is 325 g/mol. The highest BCUT2D eigenvalue weighted by molar-refractivity contribution is 9.10. The molecule has 1 aromatic rings. The fourth-order valence-electron chi connectivity index (χ4n) is 2.86. The van der Waals surface area contributed by atoms with E-state index in [1.54, 1.807) is 0 Å². The normalized spacial score (nSPS) is 26.2. The smallest absolute Gasteiger partial charge is 0.331 e. The third kappa shape index (κ3) is 2.94. The van der Waals surface area contributed by atoms with Crippen LogP contribution >= 0.6 is 15.9 Å². The number of carbonyl (C=O) groups is 1. The van der Waals surface area contributed by atoms with Crippen LogP contribution in [0.15, 0.2) is 28.7 Å². The molecule has 0 bridgehead atoms. The minimum Gasteiger partial charge on any atom is -0.467 e. The Morgan fingerprint density at radius 1 is 1.53 bits per heavy atom. The molecule has 0 heterocycles. The predicted molar refractivity (Wildman–Crippen MR) is 80.1 cm³/mol. The molecule has 0 spiro atoms. The average Bonchev–Trinajstić information content (AvgIpc) is 2.85. The Morgan fingerprint density at radius 2 is 2.26 bits per heavy atom. The Hall–Kier alpha value is -1.03. The number of ether oxygens (including phenoxy) is 1. The van der Waals surface area contributed by atoms with Gasteiger partial charge in [0, 0.05) is 10.2 Å². The van der Waals surface area contributed by atoms with Gasteiger partial charge in [-0.3, -0.25) is 0 Å². The molecule has 1 saturated carbocycles. The zero-order valence-corrected chi connectivity index (χ0v) is 13.0. The molecular formula is C15H20BrNO2. The summed E-state index contributed by atoms with van der Waals surface area (Å²) in [5, 5.41) is 3.42. The second-order valence-electron chi connectivity index (χ2n) is 5.20. The zero-order chi connectivity index (χ0) is 13.9. The van der Waals surface area contributed by atoms with Crippen LogP contribution < -0.4 is 5.32 Å². The lowest BCUT2D eigenvalue weighted by molar-refractivity contribution is -0.145. The van der Waals surface area contributed by atoms with Crippen LogP contribution in [0, 0.1) is 5.92 Å². The van der Waals surface area contributed by atoms with Gasteiger partial charge in [0.2, 0.25) is 0 Å². The molecular weight excluding hydrogens is 306 g/mol. The highest BCUT2D eigenvalue weighted by Crippen LogP contribution is 2.40. The number of halogens is 1. The van der Waals surface area contributed by atoms with E-state index in [0.29, 0.717) is 5.92 Å². The van der Waals surface area contributed by atoms with Crippen LogP contribution in [0.1, 0.15) is 32.6 Å². The number of carbonyl (C=O) groups excluding carboxylic acids is 1. The molecule has 1 fully saturated rings. The van der Waals surface area contributed by atoms with Crippen molar-refractivity contribution in [1.82, 2.24) is 0 Å². The standard InChI is InChI=1S/C15H20BrNO2/c1-3-11-8-9-15(10-11,14(18)19-2)17-13-7-5-4-6-12(13)16/h4-7,11,17H,3,8-10H2,1-2H3. The van der Waals surface area contributed by atoms with Gasteiger partial charge in [-0.05, 0) is 53.2 Å². The summed E-state index contributed by atoms with van der Waals surface area (Å²) in [7, 11) is 1.46. The van der Waals surface area contributed by atoms with E-state index in [0.717, 1.165) is 35.8 Å². The minimum absolute atomic E-state index is 0.154. The van der Waals surface area contributed by atoms with Crippen molar-refractivity contribution < 1.29 is 9.53 Å². The number of rotatable bonds is 4. The lowest BCUT2D eigenvalue weighted by Crippen LogP contribution is -2.45. The number of nitrogens with one attached hydrogen (secondary N) is 1. The SMILES string of the molecule is CCC1CCC(Nc2ccccc2Br)(C(=O)OC)C1. The molecule has 1 aromatic carbocycles. The molecule has 1 N–H and O–H groups in total. The lowest BCUT2D eigenvalue weighted by Gasteiger charge is -2.29. The molecule has 0 aromatic heterocycles. The number of hydrogen-bond donors (Lipinski definition) is 1.